The van der Waals surface area contributed by atoms with E-state index in [1.54, 1.807) is 18.6 Å². The summed E-state index contributed by atoms with van der Waals surface area (Å²) in [6.45, 7) is 13.6. The molecule has 6 heteroatoms. The fraction of sp³-hybridized carbons (Fsp3) is 0.469. The molecule has 38 heavy (non-hydrogen) atoms. The fourth-order valence-electron chi connectivity index (χ4n) is 5.16. The van der Waals surface area contributed by atoms with Crippen LogP contribution < -0.4 is 5.32 Å². The van der Waals surface area contributed by atoms with Gasteiger partial charge in [-0.1, -0.05) is 63.2 Å². The van der Waals surface area contributed by atoms with E-state index in [1.807, 2.05) is 19.1 Å². The Balaban J connectivity index is 1.38. The molecule has 2 aromatic carbocycles. The van der Waals surface area contributed by atoms with Crippen molar-refractivity contribution in [2.75, 3.05) is 0 Å². The third kappa shape index (κ3) is 6.97. The van der Waals surface area contributed by atoms with Crippen LogP contribution in [0.3, 0.4) is 0 Å². The Hall–Kier alpha value is -2.83. The Morgan fingerprint density at radius 3 is 2.39 bits per heavy atom. The summed E-state index contributed by atoms with van der Waals surface area (Å²) in [6, 6.07) is 18.7. The van der Waals surface area contributed by atoms with Crippen LogP contribution in [0.25, 0.3) is 0 Å². The molecule has 1 unspecified atom stereocenters. The SMILES string of the molecule is CC(NC(=O)c1ccc(C[C@@H]2CC[C@H]([C@H](O[Si](C)(C)C(C)(C)C)c3ccccc3)C2)cc1)c1cnccn1. The first kappa shape index (κ1) is 28.2. The molecule has 1 aromatic heterocycles. The minimum atomic E-state index is -1.91. The highest BCUT2D eigenvalue weighted by Crippen LogP contribution is 2.47. The van der Waals surface area contributed by atoms with E-state index < -0.39 is 8.32 Å². The van der Waals surface area contributed by atoms with Crippen LogP contribution in [-0.2, 0) is 10.8 Å². The highest BCUT2D eigenvalue weighted by atomic mass is 28.4. The topological polar surface area (TPSA) is 64.1 Å². The molecule has 0 aliphatic heterocycles. The van der Waals surface area contributed by atoms with E-state index in [2.05, 4.69) is 91.6 Å². The van der Waals surface area contributed by atoms with Crippen LogP contribution >= 0.6 is 0 Å². The lowest BCUT2D eigenvalue weighted by atomic mass is 9.91. The molecule has 0 saturated heterocycles. The summed E-state index contributed by atoms with van der Waals surface area (Å²) >= 11 is 0. The molecule has 1 saturated carbocycles. The van der Waals surface area contributed by atoms with Gasteiger partial charge < -0.3 is 9.74 Å². The smallest absolute Gasteiger partial charge is 0.251 e. The van der Waals surface area contributed by atoms with E-state index >= 15 is 0 Å². The number of nitrogens with one attached hydrogen (secondary N) is 1. The fourth-order valence-corrected chi connectivity index (χ4v) is 6.48. The molecule has 5 nitrogen and oxygen atoms in total. The molecule has 202 valence electrons. The molecule has 1 amide bonds. The lowest BCUT2D eigenvalue weighted by Gasteiger charge is -2.41. The largest absolute Gasteiger partial charge is 0.410 e. The zero-order chi connectivity index (χ0) is 27.3. The molecule has 3 aromatic rings. The van der Waals surface area contributed by atoms with Gasteiger partial charge in [0.2, 0.25) is 0 Å². The summed E-state index contributed by atoms with van der Waals surface area (Å²) in [4.78, 5) is 21.1. The minimum Gasteiger partial charge on any atom is -0.410 e. The quantitative estimate of drug-likeness (QED) is 0.289. The van der Waals surface area contributed by atoms with Crippen molar-refractivity contribution in [2.45, 2.75) is 83.7 Å². The van der Waals surface area contributed by atoms with E-state index in [4.69, 9.17) is 4.43 Å². The van der Waals surface area contributed by atoms with Crippen LogP contribution in [0.5, 0.6) is 0 Å². The number of nitrogens with zero attached hydrogens (tertiary/aromatic N) is 2. The zero-order valence-corrected chi connectivity index (χ0v) is 24.8. The molecule has 1 fully saturated rings. The predicted molar refractivity (Wildman–Crippen MR) is 156 cm³/mol. The van der Waals surface area contributed by atoms with E-state index in [9.17, 15) is 4.79 Å². The first-order valence-electron chi connectivity index (χ1n) is 13.9. The maximum Gasteiger partial charge on any atom is 0.251 e. The second kappa shape index (κ2) is 11.9. The summed E-state index contributed by atoms with van der Waals surface area (Å²) in [5.74, 6) is 1.07. The van der Waals surface area contributed by atoms with Gasteiger partial charge in [-0.25, -0.2) is 0 Å². The Morgan fingerprint density at radius 2 is 1.76 bits per heavy atom. The van der Waals surface area contributed by atoms with Crippen molar-refractivity contribution in [3.63, 3.8) is 0 Å². The maximum absolute atomic E-state index is 12.8. The number of amides is 1. The first-order chi connectivity index (χ1) is 18.0. The van der Waals surface area contributed by atoms with Gasteiger partial charge in [-0.15, -0.1) is 0 Å². The Kier molecular flexibility index (Phi) is 8.84. The average molecular weight is 530 g/mol. The van der Waals surface area contributed by atoms with Gasteiger partial charge in [0, 0.05) is 18.0 Å². The van der Waals surface area contributed by atoms with Crippen molar-refractivity contribution >= 4 is 14.2 Å². The summed E-state index contributed by atoms with van der Waals surface area (Å²) in [5.41, 5.74) is 4.02. The molecular weight excluding hydrogens is 486 g/mol. The lowest BCUT2D eigenvalue weighted by molar-refractivity contribution is 0.0939. The van der Waals surface area contributed by atoms with Gasteiger partial charge in [0.05, 0.1) is 24.0 Å². The molecule has 0 radical (unpaired) electrons. The van der Waals surface area contributed by atoms with E-state index in [-0.39, 0.29) is 23.1 Å². The van der Waals surface area contributed by atoms with Crippen molar-refractivity contribution in [1.82, 2.24) is 15.3 Å². The van der Waals surface area contributed by atoms with E-state index in [1.165, 1.54) is 30.4 Å². The second-order valence-corrected chi connectivity index (χ2v) is 17.1. The standard InChI is InChI=1S/C32H43N3O2Si/c1-23(29-22-33-18-19-34-29)35-31(36)27-15-12-24(13-16-27)20-25-14-17-28(21-25)30(26-10-8-7-9-11-26)37-38(5,6)32(2,3)4/h7-13,15-16,18-19,22-23,25,28,30H,14,17,20-21H2,1-6H3,(H,35,36)/t23?,25-,28-,30+/m0/s1. The number of hydrogen-bond acceptors (Lipinski definition) is 4. The molecule has 0 spiro atoms. The highest BCUT2D eigenvalue weighted by Gasteiger charge is 2.42. The number of carbonyl (C=O) groups is 1. The molecule has 1 aliphatic rings. The predicted octanol–water partition coefficient (Wildman–Crippen LogP) is 7.69. The molecule has 0 bridgehead atoms. The minimum absolute atomic E-state index is 0.0934. The van der Waals surface area contributed by atoms with Gasteiger partial charge in [0.25, 0.3) is 5.91 Å². The normalized spacial score (nSPS) is 19.6. The summed E-state index contributed by atoms with van der Waals surface area (Å²) in [7, 11) is -1.91. The first-order valence-corrected chi connectivity index (χ1v) is 16.8. The van der Waals surface area contributed by atoms with Crippen LogP contribution in [0.15, 0.2) is 73.2 Å². The monoisotopic (exact) mass is 529 g/mol. The lowest BCUT2D eigenvalue weighted by Crippen LogP contribution is -2.43. The highest BCUT2D eigenvalue weighted by molar-refractivity contribution is 6.74. The number of benzene rings is 2. The third-order valence-electron chi connectivity index (χ3n) is 8.48. The van der Waals surface area contributed by atoms with Crippen LogP contribution in [0.4, 0.5) is 0 Å². The Labute approximate surface area is 229 Å². The number of aromatic nitrogens is 2. The molecule has 1 heterocycles. The van der Waals surface area contributed by atoms with Gasteiger partial charge >= 0.3 is 0 Å². The van der Waals surface area contributed by atoms with Crippen molar-refractivity contribution in [3.8, 4) is 0 Å². The van der Waals surface area contributed by atoms with Gasteiger partial charge in [-0.05, 0) is 85.8 Å². The Bertz CT molecular complexity index is 1180. The Morgan fingerprint density at radius 1 is 1.05 bits per heavy atom. The maximum atomic E-state index is 12.8. The molecule has 4 rings (SSSR count). The van der Waals surface area contributed by atoms with Gasteiger partial charge in [-0.3, -0.25) is 14.8 Å². The summed E-state index contributed by atoms with van der Waals surface area (Å²) < 4.78 is 7.06. The molecular formula is C32H43N3O2Si. The van der Waals surface area contributed by atoms with Crippen molar-refractivity contribution in [1.29, 1.82) is 0 Å². The van der Waals surface area contributed by atoms with Crippen molar-refractivity contribution in [2.24, 2.45) is 11.8 Å². The van der Waals surface area contributed by atoms with Crippen LogP contribution in [0.2, 0.25) is 18.1 Å². The van der Waals surface area contributed by atoms with Crippen LogP contribution in [0.1, 0.15) is 86.3 Å². The van der Waals surface area contributed by atoms with E-state index in [0.29, 0.717) is 17.4 Å². The van der Waals surface area contributed by atoms with E-state index in [0.717, 1.165) is 12.1 Å². The molecule has 4 atom stereocenters. The van der Waals surface area contributed by atoms with Crippen molar-refractivity contribution < 1.29 is 9.22 Å². The molecule has 1 N–H and O–H groups in total. The number of hydrogen-bond donors (Lipinski definition) is 1. The summed E-state index contributed by atoms with van der Waals surface area (Å²) in [6.07, 6.45) is 9.73. The number of rotatable bonds is 9. The zero-order valence-electron chi connectivity index (χ0n) is 23.8. The average Bonchev–Trinajstić information content (AvgIpc) is 3.36. The summed E-state index contributed by atoms with van der Waals surface area (Å²) in [5, 5.41) is 3.19. The molecule has 1 aliphatic carbocycles. The third-order valence-corrected chi connectivity index (χ3v) is 12.9. The van der Waals surface area contributed by atoms with Gasteiger partial charge in [-0.2, -0.15) is 0 Å². The van der Waals surface area contributed by atoms with Crippen molar-refractivity contribution in [3.05, 3.63) is 95.6 Å². The van der Waals surface area contributed by atoms with Crippen LogP contribution in [0, 0.1) is 11.8 Å². The van der Waals surface area contributed by atoms with Gasteiger partial charge in [0.15, 0.2) is 8.32 Å². The second-order valence-electron chi connectivity index (χ2n) is 12.4. The van der Waals surface area contributed by atoms with Crippen LogP contribution in [-0.4, -0.2) is 24.2 Å². The number of carbonyl (C=O) groups excluding carboxylic acids is 1. The van der Waals surface area contributed by atoms with Gasteiger partial charge in [0.1, 0.15) is 0 Å².